The Morgan fingerprint density at radius 3 is 2.72 bits per heavy atom. The summed E-state index contributed by atoms with van der Waals surface area (Å²) in [5.41, 5.74) is 8.51. The molecule has 18 heavy (non-hydrogen) atoms. The number of pyridine rings is 1. The van der Waals surface area contributed by atoms with Crippen LogP contribution in [-0.2, 0) is 6.42 Å². The van der Waals surface area contributed by atoms with E-state index < -0.39 is 0 Å². The predicted octanol–water partition coefficient (Wildman–Crippen LogP) is 2.72. The minimum Gasteiger partial charge on any atom is -0.494 e. The number of benzene rings is 1. The third-order valence-electron chi connectivity index (χ3n) is 2.80. The fourth-order valence-corrected chi connectivity index (χ4v) is 1.89. The average Bonchev–Trinajstić information content (AvgIpc) is 2.40. The lowest BCUT2D eigenvalue weighted by Crippen LogP contribution is -2.13. The second-order valence-corrected chi connectivity index (χ2v) is 4.17. The van der Waals surface area contributed by atoms with Gasteiger partial charge in [0.1, 0.15) is 5.75 Å². The summed E-state index contributed by atoms with van der Waals surface area (Å²) in [5.74, 6) is 0.875. The molecule has 3 nitrogen and oxygen atoms in total. The molecule has 1 heterocycles. The van der Waals surface area contributed by atoms with Gasteiger partial charge in [-0.15, -0.1) is 0 Å². The fraction of sp³-hybridized carbons (Fsp3) is 0.267. The minimum absolute atomic E-state index is 0.0205. The molecule has 0 bridgehead atoms. The van der Waals surface area contributed by atoms with Crippen molar-refractivity contribution >= 4 is 0 Å². The molecule has 94 valence electrons. The molecule has 0 aliphatic heterocycles. The van der Waals surface area contributed by atoms with Gasteiger partial charge in [0.05, 0.1) is 6.61 Å². The quantitative estimate of drug-likeness (QED) is 0.877. The molecule has 0 unspecified atom stereocenters. The normalized spacial score (nSPS) is 12.1. The van der Waals surface area contributed by atoms with Crippen LogP contribution in [0.4, 0.5) is 0 Å². The molecule has 1 atom stereocenters. The molecule has 2 N–H and O–H groups in total. The van der Waals surface area contributed by atoms with Gasteiger partial charge in [0.15, 0.2) is 0 Å². The maximum Gasteiger partial charge on any atom is 0.119 e. The second kappa shape index (κ2) is 6.17. The summed E-state index contributed by atoms with van der Waals surface area (Å²) in [7, 11) is 0. The van der Waals surface area contributed by atoms with Crippen molar-refractivity contribution in [1.29, 1.82) is 0 Å². The number of aromatic nitrogens is 1. The van der Waals surface area contributed by atoms with Crippen molar-refractivity contribution in [2.75, 3.05) is 6.61 Å². The van der Waals surface area contributed by atoms with E-state index in [9.17, 15) is 0 Å². The molecule has 3 heteroatoms. The van der Waals surface area contributed by atoms with Crippen LogP contribution in [0.2, 0.25) is 0 Å². The summed E-state index contributed by atoms with van der Waals surface area (Å²) < 4.78 is 5.48. The smallest absolute Gasteiger partial charge is 0.119 e. The topological polar surface area (TPSA) is 48.1 Å². The van der Waals surface area contributed by atoms with Gasteiger partial charge in [0.2, 0.25) is 0 Å². The summed E-state index contributed by atoms with van der Waals surface area (Å²) in [6.07, 6.45) is 4.38. The monoisotopic (exact) mass is 242 g/mol. The first-order valence-corrected chi connectivity index (χ1v) is 6.17. The maximum absolute atomic E-state index is 6.22. The Balaban J connectivity index is 2.08. The maximum atomic E-state index is 6.22. The largest absolute Gasteiger partial charge is 0.494 e. The van der Waals surface area contributed by atoms with E-state index in [-0.39, 0.29) is 6.04 Å². The summed E-state index contributed by atoms with van der Waals surface area (Å²) in [4.78, 5) is 4.00. The highest BCUT2D eigenvalue weighted by molar-refractivity contribution is 5.31. The Morgan fingerprint density at radius 1 is 1.22 bits per heavy atom. The highest BCUT2D eigenvalue weighted by Crippen LogP contribution is 2.20. The Hall–Kier alpha value is -1.87. The van der Waals surface area contributed by atoms with Crippen LogP contribution < -0.4 is 10.5 Å². The predicted molar refractivity (Wildman–Crippen MR) is 72.5 cm³/mol. The standard InChI is InChI=1S/C15H18N2O/c1-2-18-14-5-3-4-13(11-14)15(16)10-12-6-8-17-9-7-12/h3-9,11,15H,2,10,16H2,1H3/t15-/m1/s1. The van der Waals surface area contributed by atoms with Crippen molar-refractivity contribution in [3.05, 3.63) is 59.9 Å². The Kier molecular flexibility index (Phi) is 4.31. The van der Waals surface area contributed by atoms with Crippen LogP contribution in [0.3, 0.4) is 0 Å². The second-order valence-electron chi connectivity index (χ2n) is 4.17. The van der Waals surface area contributed by atoms with Crippen molar-refractivity contribution in [3.63, 3.8) is 0 Å². The molecule has 2 rings (SSSR count). The molecule has 0 amide bonds. The molecule has 0 fully saturated rings. The van der Waals surface area contributed by atoms with Gasteiger partial charge in [0.25, 0.3) is 0 Å². The van der Waals surface area contributed by atoms with E-state index in [0.29, 0.717) is 6.61 Å². The summed E-state index contributed by atoms with van der Waals surface area (Å²) in [6, 6.07) is 11.9. The van der Waals surface area contributed by atoms with Gasteiger partial charge in [-0.25, -0.2) is 0 Å². The molecule has 0 saturated heterocycles. The molecule has 0 aliphatic carbocycles. The lowest BCUT2D eigenvalue weighted by Gasteiger charge is -2.13. The Bertz CT molecular complexity index is 485. The fourth-order valence-electron chi connectivity index (χ4n) is 1.89. The molecule has 0 aliphatic rings. The van der Waals surface area contributed by atoms with Crippen LogP contribution in [0.25, 0.3) is 0 Å². The van der Waals surface area contributed by atoms with E-state index in [1.54, 1.807) is 12.4 Å². The van der Waals surface area contributed by atoms with Gasteiger partial charge in [-0.2, -0.15) is 0 Å². The molecule has 0 saturated carbocycles. The zero-order valence-corrected chi connectivity index (χ0v) is 10.5. The molecule has 2 aromatic rings. The molecule has 0 radical (unpaired) electrons. The van der Waals surface area contributed by atoms with Crippen molar-refractivity contribution in [3.8, 4) is 5.75 Å². The Morgan fingerprint density at radius 2 is 2.00 bits per heavy atom. The Labute approximate surface area is 108 Å². The van der Waals surface area contributed by atoms with Crippen molar-refractivity contribution < 1.29 is 4.74 Å². The van der Waals surface area contributed by atoms with Crippen LogP contribution in [-0.4, -0.2) is 11.6 Å². The van der Waals surface area contributed by atoms with E-state index in [1.807, 2.05) is 43.3 Å². The third-order valence-corrected chi connectivity index (χ3v) is 2.80. The minimum atomic E-state index is -0.0205. The lowest BCUT2D eigenvalue weighted by atomic mass is 10.0. The summed E-state index contributed by atoms with van der Waals surface area (Å²) in [6.45, 7) is 2.65. The van der Waals surface area contributed by atoms with Crippen molar-refractivity contribution in [2.45, 2.75) is 19.4 Å². The number of ether oxygens (including phenoxy) is 1. The lowest BCUT2D eigenvalue weighted by molar-refractivity contribution is 0.339. The van der Waals surface area contributed by atoms with Crippen LogP contribution in [0, 0.1) is 0 Å². The third kappa shape index (κ3) is 3.31. The zero-order valence-electron chi connectivity index (χ0n) is 10.5. The summed E-state index contributed by atoms with van der Waals surface area (Å²) >= 11 is 0. The highest BCUT2D eigenvalue weighted by atomic mass is 16.5. The number of hydrogen-bond acceptors (Lipinski definition) is 3. The SMILES string of the molecule is CCOc1cccc([C@H](N)Cc2ccncc2)c1. The average molecular weight is 242 g/mol. The first-order chi connectivity index (χ1) is 8.79. The van der Waals surface area contributed by atoms with E-state index >= 15 is 0 Å². The highest BCUT2D eigenvalue weighted by Gasteiger charge is 2.08. The first kappa shape index (κ1) is 12.6. The first-order valence-electron chi connectivity index (χ1n) is 6.17. The van der Waals surface area contributed by atoms with Gasteiger partial charge in [0, 0.05) is 18.4 Å². The van der Waals surface area contributed by atoms with Crippen molar-refractivity contribution in [2.24, 2.45) is 5.73 Å². The molecule has 0 spiro atoms. The van der Waals surface area contributed by atoms with Crippen LogP contribution in [0.1, 0.15) is 24.1 Å². The van der Waals surface area contributed by atoms with E-state index in [0.717, 1.165) is 17.7 Å². The van der Waals surface area contributed by atoms with Crippen molar-refractivity contribution in [1.82, 2.24) is 4.98 Å². The van der Waals surface area contributed by atoms with Gasteiger partial charge in [-0.1, -0.05) is 12.1 Å². The zero-order chi connectivity index (χ0) is 12.8. The van der Waals surface area contributed by atoms with E-state index in [4.69, 9.17) is 10.5 Å². The molecular formula is C15H18N2O. The number of nitrogens with two attached hydrogens (primary N) is 1. The molecule has 1 aromatic heterocycles. The van der Waals surface area contributed by atoms with Crippen LogP contribution >= 0.6 is 0 Å². The van der Waals surface area contributed by atoms with E-state index in [2.05, 4.69) is 4.98 Å². The molecular weight excluding hydrogens is 224 g/mol. The van der Waals surface area contributed by atoms with E-state index in [1.165, 1.54) is 5.56 Å². The van der Waals surface area contributed by atoms with Crippen LogP contribution in [0.5, 0.6) is 5.75 Å². The number of nitrogens with zero attached hydrogens (tertiary/aromatic N) is 1. The van der Waals surface area contributed by atoms with Gasteiger partial charge in [-0.3, -0.25) is 4.98 Å². The molecule has 1 aromatic carbocycles. The van der Waals surface area contributed by atoms with Gasteiger partial charge in [-0.05, 0) is 48.7 Å². The van der Waals surface area contributed by atoms with Crippen LogP contribution in [0.15, 0.2) is 48.8 Å². The number of hydrogen-bond donors (Lipinski definition) is 1. The van der Waals surface area contributed by atoms with Gasteiger partial charge < -0.3 is 10.5 Å². The van der Waals surface area contributed by atoms with Gasteiger partial charge >= 0.3 is 0 Å². The summed E-state index contributed by atoms with van der Waals surface area (Å²) in [5, 5.41) is 0. The number of rotatable bonds is 5.